The zero-order chi connectivity index (χ0) is 18.4. The molecule has 0 spiro atoms. The zero-order valence-electron chi connectivity index (χ0n) is 15.7. The lowest BCUT2D eigenvalue weighted by molar-refractivity contribution is -0.133. The minimum absolute atomic E-state index is 0.0196. The van der Waals surface area contributed by atoms with Gasteiger partial charge in [-0.2, -0.15) is 0 Å². The molecule has 2 unspecified atom stereocenters. The van der Waals surface area contributed by atoms with E-state index in [-0.39, 0.29) is 17.9 Å². The second-order valence-electron chi connectivity index (χ2n) is 7.78. The Bertz CT molecular complexity index is 591. The molecule has 2 aliphatic heterocycles. The molecule has 142 valence electrons. The fraction of sp³-hybridized carbons (Fsp3) is 0.619. The van der Waals surface area contributed by atoms with Crippen LogP contribution >= 0.6 is 0 Å². The maximum Gasteiger partial charge on any atom is 0.251 e. The van der Waals surface area contributed by atoms with Crippen LogP contribution < -0.4 is 10.6 Å². The van der Waals surface area contributed by atoms with Crippen molar-refractivity contribution in [1.82, 2.24) is 15.5 Å². The molecular weight excluding hydrogens is 326 g/mol. The monoisotopic (exact) mass is 357 g/mol. The molecule has 2 amide bonds. The fourth-order valence-corrected chi connectivity index (χ4v) is 4.07. The Balaban J connectivity index is 1.41. The first-order valence-electron chi connectivity index (χ1n) is 9.98. The van der Waals surface area contributed by atoms with E-state index in [1.165, 1.54) is 12.8 Å². The van der Waals surface area contributed by atoms with Crippen LogP contribution in [0.4, 0.5) is 0 Å². The second-order valence-corrected chi connectivity index (χ2v) is 7.78. The minimum Gasteiger partial charge on any atom is -0.349 e. The Hall–Kier alpha value is -1.88. The van der Waals surface area contributed by atoms with E-state index >= 15 is 0 Å². The average Bonchev–Trinajstić information content (AvgIpc) is 2.69. The van der Waals surface area contributed by atoms with Crippen LogP contribution in [-0.2, 0) is 4.79 Å². The summed E-state index contributed by atoms with van der Waals surface area (Å²) < 4.78 is 0. The molecule has 26 heavy (non-hydrogen) atoms. The molecule has 2 fully saturated rings. The average molecular weight is 357 g/mol. The normalized spacial score (nSPS) is 22.7. The maximum absolute atomic E-state index is 12.6. The van der Waals surface area contributed by atoms with Crippen molar-refractivity contribution in [2.24, 2.45) is 11.8 Å². The highest BCUT2D eigenvalue weighted by atomic mass is 16.2. The predicted molar refractivity (Wildman–Crippen MR) is 103 cm³/mol. The maximum atomic E-state index is 12.6. The van der Waals surface area contributed by atoms with Crippen LogP contribution in [0.1, 0.15) is 49.4 Å². The number of hydrogen-bond donors (Lipinski definition) is 2. The molecule has 0 aromatic heterocycles. The molecule has 0 aliphatic carbocycles. The minimum atomic E-state index is -0.0196. The Morgan fingerprint density at radius 3 is 2.58 bits per heavy atom. The molecule has 2 saturated heterocycles. The fourth-order valence-electron chi connectivity index (χ4n) is 4.07. The molecule has 2 N–H and O–H groups in total. The Labute approximate surface area is 156 Å². The summed E-state index contributed by atoms with van der Waals surface area (Å²) >= 11 is 0. The highest BCUT2D eigenvalue weighted by molar-refractivity contribution is 5.94. The van der Waals surface area contributed by atoms with E-state index in [0.717, 1.165) is 39.0 Å². The third kappa shape index (κ3) is 5.07. The first kappa shape index (κ1) is 18.9. The van der Waals surface area contributed by atoms with Crippen LogP contribution in [0, 0.1) is 11.8 Å². The smallest absolute Gasteiger partial charge is 0.251 e. The van der Waals surface area contributed by atoms with E-state index in [2.05, 4.69) is 17.6 Å². The van der Waals surface area contributed by atoms with Crippen molar-refractivity contribution in [3.63, 3.8) is 0 Å². The largest absolute Gasteiger partial charge is 0.349 e. The summed E-state index contributed by atoms with van der Waals surface area (Å²) in [6.45, 7) is 5.85. The number of piperidine rings is 2. The van der Waals surface area contributed by atoms with Gasteiger partial charge in [-0.1, -0.05) is 25.1 Å². The molecule has 5 heteroatoms. The highest BCUT2D eigenvalue weighted by Gasteiger charge is 2.27. The number of rotatable bonds is 5. The van der Waals surface area contributed by atoms with Crippen molar-refractivity contribution in [3.05, 3.63) is 35.9 Å². The molecule has 1 aromatic carbocycles. The van der Waals surface area contributed by atoms with E-state index in [0.29, 0.717) is 23.8 Å². The molecule has 2 heterocycles. The van der Waals surface area contributed by atoms with Gasteiger partial charge in [-0.05, 0) is 62.7 Å². The standard InChI is InChI=1S/C21H31N3O2/c1-16(18-8-5-11-22-15-18)14-20(25)24-12-9-19(10-13-24)23-21(26)17-6-3-2-4-7-17/h2-4,6-7,16,18-19,22H,5,8-15H2,1H3,(H,23,26). The highest BCUT2D eigenvalue weighted by Crippen LogP contribution is 2.24. The van der Waals surface area contributed by atoms with Crippen molar-refractivity contribution in [2.45, 2.75) is 45.1 Å². The third-order valence-electron chi connectivity index (χ3n) is 5.86. The predicted octanol–water partition coefficient (Wildman–Crippen LogP) is 2.43. The Kier molecular flexibility index (Phi) is 6.67. The molecule has 0 saturated carbocycles. The van der Waals surface area contributed by atoms with Gasteiger partial charge in [0.15, 0.2) is 0 Å². The molecule has 2 aliphatic rings. The van der Waals surface area contributed by atoms with Crippen LogP contribution in [0.3, 0.4) is 0 Å². The van der Waals surface area contributed by atoms with Crippen LogP contribution in [-0.4, -0.2) is 48.9 Å². The Morgan fingerprint density at radius 2 is 1.92 bits per heavy atom. The number of benzene rings is 1. The van der Waals surface area contributed by atoms with Crippen molar-refractivity contribution in [3.8, 4) is 0 Å². The lowest BCUT2D eigenvalue weighted by Gasteiger charge is -2.34. The third-order valence-corrected chi connectivity index (χ3v) is 5.86. The van der Waals surface area contributed by atoms with Crippen molar-refractivity contribution in [2.75, 3.05) is 26.2 Å². The number of carbonyl (C=O) groups excluding carboxylic acids is 2. The summed E-state index contributed by atoms with van der Waals surface area (Å²) in [6.07, 6.45) is 4.77. The second kappa shape index (κ2) is 9.17. The van der Waals surface area contributed by atoms with E-state index in [9.17, 15) is 9.59 Å². The van der Waals surface area contributed by atoms with Gasteiger partial charge in [-0.15, -0.1) is 0 Å². The van der Waals surface area contributed by atoms with Crippen molar-refractivity contribution in [1.29, 1.82) is 0 Å². The van der Waals surface area contributed by atoms with Crippen LogP contribution in [0.15, 0.2) is 30.3 Å². The molecule has 0 radical (unpaired) electrons. The molecule has 3 rings (SSSR count). The summed E-state index contributed by atoms with van der Waals surface area (Å²) in [4.78, 5) is 26.9. The van der Waals surface area contributed by atoms with Gasteiger partial charge in [0.25, 0.3) is 5.91 Å². The van der Waals surface area contributed by atoms with Gasteiger partial charge in [0.05, 0.1) is 0 Å². The van der Waals surface area contributed by atoms with Gasteiger partial charge in [0.1, 0.15) is 0 Å². The molecule has 5 nitrogen and oxygen atoms in total. The number of likely N-dealkylation sites (tertiary alicyclic amines) is 1. The van der Waals surface area contributed by atoms with E-state index in [1.807, 2.05) is 35.2 Å². The van der Waals surface area contributed by atoms with Gasteiger partial charge < -0.3 is 15.5 Å². The molecule has 2 atom stereocenters. The van der Waals surface area contributed by atoms with Crippen LogP contribution in [0.25, 0.3) is 0 Å². The van der Waals surface area contributed by atoms with Crippen LogP contribution in [0.2, 0.25) is 0 Å². The molecule has 1 aromatic rings. The first-order valence-corrected chi connectivity index (χ1v) is 9.98. The summed E-state index contributed by atoms with van der Waals surface area (Å²) in [6, 6.07) is 9.47. The quantitative estimate of drug-likeness (QED) is 0.851. The van der Waals surface area contributed by atoms with Crippen molar-refractivity contribution >= 4 is 11.8 Å². The van der Waals surface area contributed by atoms with Crippen LogP contribution in [0.5, 0.6) is 0 Å². The van der Waals surface area contributed by atoms with Gasteiger partial charge >= 0.3 is 0 Å². The van der Waals surface area contributed by atoms with Gasteiger partial charge in [-0.25, -0.2) is 0 Å². The summed E-state index contributed by atoms with van der Waals surface area (Å²) in [7, 11) is 0. The number of carbonyl (C=O) groups is 2. The molecular formula is C21H31N3O2. The van der Waals surface area contributed by atoms with E-state index in [4.69, 9.17) is 0 Å². The SMILES string of the molecule is CC(CC(=O)N1CCC(NC(=O)c2ccccc2)CC1)C1CCCNC1. The number of amides is 2. The lowest BCUT2D eigenvalue weighted by Crippen LogP contribution is -2.47. The molecule has 0 bridgehead atoms. The van der Waals surface area contributed by atoms with Gasteiger partial charge in [0, 0.05) is 31.1 Å². The van der Waals surface area contributed by atoms with E-state index < -0.39 is 0 Å². The first-order chi connectivity index (χ1) is 12.6. The number of nitrogens with zero attached hydrogens (tertiary/aromatic N) is 1. The number of nitrogens with one attached hydrogen (secondary N) is 2. The number of hydrogen-bond acceptors (Lipinski definition) is 3. The lowest BCUT2D eigenvalue weighted by atomic mass is 9.85. The summed E-state index contributed by atoms with van der Waals surface area (Å²) in [5, 5.41) is 6.54. The zero-order valence-corrected chi connectivity index (χ0v) is 15.7. The summed E-state index contributed by atoms with van der Waals surface area (Å²) in [5.41, 5.74) is 0.695. The van der Waals surface area contributed by atoms with Gasteiger partial charge in [-0.3, -0.25) is 9.59 Å². The van der Waals surface area contributed by atoms with Crippen molar-refractivity contribution < 1.29 is 9.59 Å². The van der Waals surface area contributed by atoms with E-state index in [1.54, 1.807) is 0 Å². The topological polar surface area (TPSA) is 61.4 Å². The van der Waals surface area contributed by atoms with Gasteiger partial charge in [0.2, 0.25) is 5.91 Å². The summed E-state index contributed by atoms with van der Waals surface area (Å²) in [5.74, 6) is 1.31. The Morgan fingerprint density at radius 1 is 1.19 bits per heavy atom.